The number of carbonyl (C=O) groups is 1. The van der Waals surface area contributed by atoms with Crippen molar-refractivity contribution in [3.63, 3.8) is 0 Å². The third-order valence-corrected chi connectivity index (χ3v) is 10.0. The molecule has 1 amide bonds. The number of rotatable bonds is 7. The van der Waals surface area contributed by atoms with Gasteiger partial charge in [0, 0.05) is 33.2 Å². The van der Waals surface area contributed by atoms with Crippen molar-refractivity contribution < 1.29 is 17.9 Å². The van der Waals surface area contributed by atoms with Gasteiger partial charge >= 0.3 is 6.09 Å². The van der Waals surface area contributed by atoms with Gasteiger partial charge in [-0.2, -0.15) is 0 Å². The monoisotopic (exact) mass is 614 g/mol. The lowest BCUT2D eigenvalue weighted by Crippen LogP contribution is -2.47. The maximum Gasteiger partial charge on any atom is 0.424 e. The van der Waals surface area contributed by atoms with Gasteiger partial charge in [-0.15, -0.1) is 0 Å². The number of nitrogens with one attached hydrogen (secondary N) is 1. The molecule has 3 aromatic rings. The van der Waals surface area contributed by atoms with Crippen molar-refractivity contribution >= 4 is 49.3 Å². The Labute approximate surface area is 236 Å². The van der Waals surface area contributed by atoms with Crippen molar-refractivity contribution in [1.29, 1.82) is 0 Å². The number of halogens is 2. The van der Waals surface area contributed by atoms with E-state index in [1.54, 1.807) is 0 Å². The molecule has 0 saturated heterocycles. The fraction of sp³-hybridized carbons (Fsp3) is 0.276. The van der Waals surface area contributed by atoms with Crippen molar-refractivity contribution in [3.8, 4) is 0 Å². The zero-order chi connectivity index (χ0) is 26.9. The van der Waals surface area contributed by atoms with Crippen molar-refractivity contribution in [3.05, 3.63) is 106 Å². The summed E-state index contributed by atoms with van der Waals surface area (Å²) < 4.78 is 34.9. The van der Waals surface area contributed by atoms with E-state index < -0.39 is 21.5 Å². The van der Waals surface area contributed by atoms with E-state index in [0.717, 1.165) is 50.4 Å². The molecule has 2 aliphatic rings. The molecule has 198 valence electrons. The van der Waals surface area contributed by atoms with Crippen LogP contribution in [0.2, 0.25) is 5.02 Å². The minimum Gasteiger partial charge on any atom is -0.444 e. The number of anilines is 1. The van der Waals surface area contributed by atoms with Crippen molar-refractivity contribution in [2.45, 2.75) is 48.6 Å². The zero-order valence-electron chi connectivity index (χ0n) is 20.7. The molecule has 1 N–H and O–H groups in total. The molecule has 2 unspecified atom stereocenters. The number of nitrogens with zero attached hydrogens (tertiary/aromatic N) is 1. The predicted octanol–water partition coefficient (Wildman–Crippen LogP) is 7.29. The number of sulfonamides is 1. The number of ether oxygens (including phenoxy) is 1. The lowest BCUT2D eigenvalue weighted by molar-refractivity contribution is 0.117. The van der Waals surface area contributed by atoms with E-state index in [1.807, 2.05) is 42.5 Å². The predicted molar refractivity (Wildman–Crippen MR) is 153 cm³/mol. The van der Waals surface area contributed by atoms with E-state index in [1.165, 1.54) is 24.3 Å². The molecule has 1 aliphatic carbocycles. The first-order valence-electron chi connectivity index (χ1n) is 12.5. The fourth-order valence-corrected chi connectivity index (χ4v) is 7.41. The molecule has 2 atom stereocenters. The molecular formula is C29H28BrClN2O4S. The SMILES string of the molecule is C=C1CCCC2Nc3ccc(Br)cc3C12CCN(C(=O)OCc1ccccc1)S(=O)(=O)c1ccc(Cl)cc1. The summed E-state index contributed by atoms with van der Waals surface area (Å²) in [7, 11) is -4.22. The molecule has 9 heteroatoms. The van der Waals surface area contributed by atoms with Gasteiger partial charge in [-0.1, -0.05) is 70.0 Å². The van der Waals surface area contributed by atoms with Crippen LogP contribution < -0.4 is 5.32 Å². The Morgan fingerprint density at radius 2 is 1.87 bits per heavy atom. The quantitative estimate of drug-likeness (QED) is 0.283. The molecule has 0 aromatic heterocycles. The summed E-state index contributed by atoms with van der Waals surface area (Å²) >= 11 is 9.59. The van der Waals surface area contributed by atoms with Crippen LogP contribution in [0.25, 0.3) is 0 Å². The summed E-state index contributed by atoms with van der Waals surface area (Å²) in [5.41, 5.74) is 3.38. The standard InChI is InChI=1S/C29H28BrClN2O4S/c1-20-6-5-9-27-29(20,25-18-22(30)10-15-26(25)32-27)16-17-33(28(34)37-19-21-7-3-2-4-8-21)38(35,36)24-13-11-23(31)12-14-24/h2-4,7-8,10-15,18,27,32H,1,5-6,9,16-17,19H2. The highest BCUT2D eigenvalue weighted by Crippen LogP contribution is 2.53. The molecule has 1 fully saturated rings. The molecule has 0 spiro atoms. The third kappa shape index (κ3) is 4.97. The molecule has 1 saturated carbocycles. The van der Waals surface area contributed by atoms with Crippen molar-refractivity contribution in [2.75, 3.05) is 11.9 Å². The van der Waals surface area contributed by atoms with Crippen LogP contribution in [-0.2, 0) is 26.8 Å². The molecule has 5 rings (SSSR count). The average Bonchev–Trinajstić information content (AvgIpc) is 3.23. The average molecular weight is 616 g/mol. The minimum absolute atomic E-state index is 0.0252. The Bertz CT molecular complexity index is 1460. The van der Waals surface area contributed by atoms with Crippen molar-refractivity contribution in [1.82, 2.24) is 4.31 Å². The molecule has 3 aromatic carbocycles. The van der Waals surface area contributed by atoms with Gasteiger partial charge in [-0.25, -0.2) is 17.5 Å². The summed E-state index contributed by atoms with van der Waals surface area (Å²) in [4.78, 5) is 13.4. The van der Waals surface area contributed by atoms with E-state index in [2.05, 4.69) is 33.9 Å². The van der Waals surface area contributed by atoms with Crippen LogP contribution in [0.5, 0.6) is 0 Å². The highest BCUT2D eigenvalue weighted by molar-refractivity contribution is 9.10. The Kier molecular flexibility index (Phi) is 7.58. The van der Waals surface area contributed by atoms with E-state index in [9.17, 15) is 13.2 Å². The molecule has 0 radical (unpaired) electrons. The zero-order valence-corrected chi connectivity index (χ0v) is 23.9. The minimum atomic E-state index is -4.22. The Balaban J connectivity index is 1.49. The molecule has 6 nitrogen and oxygen atoms in total. The van der Waals surface area contributed by atoms with Crippen LogP contribution in [0.1, 0.15) is 36.8 Å². The van der Waals surface area contributed by atoms with Crippen LogP contribution in [-0.4, -0.2) is 31.4 Å². The second-order valence-electron chi connectivity index (χ2n) is 9.68. The van der Waals surface area contributed by atoms with Gasteiger partial charge < -0.3 is 10.1 Å². The largest absolute Gasteiger partial charge is 0.444 e. The number of fused-ring (bicyclic) bond motifs is 3. The Morgan fingerprint density at radius 3 is 2.61 bits per heavy atom. The molecule has 1 aliphatic heterocycles. The second-order valence-corrected chi connectivity index (χ2v) is 12.9. The summed E-state index contributed by atoms with van der Waals surface area (Å²) in [5.74, 6) is 0. The maximum absolute atomic E-state index is 13.8. The van der Waals surface area contributed by atoms with Gasteiger partial charge in [0.1, 0.15) is 6.61 Å². The molecule has 38 heavy (non-hydrogen) atoms. The normalized spacial score (nSPS) is 20.3. The fourth-order valence-electron chi connectivity index (χ4n) is 5.61. The first kappa shape index (κ1) is 26.8. The third-order valence-electron chi connectivity index (χ3n) is 7.51. The number of benzene rings is 3. The topological polar surface area (TPSA) is 75.7 Å². The summed E-state index contributed by atoms with van der Waals surface area (Å²) in [5, 5.41) is 4.03. The second kappa shape index (κ2) is 10.8. The summed E-state index contributed by atoms with van der Waals surface area (Å²) in [6, 6.07) is 21.1. The van der Waals surface area contributed by atoms with Gasteiger partial charge in [-0.05, 0) is 79.3 Å². The van der Waals surface area contributed by atoms with Gasteiger partial charge in [0.05, 0.1) is 4.90 Å². The van der Waals surface area contributed by atoms with E-state index in [0.29, 0.717) is 11.4 Å². The van der Waals surface area contributed by atoms with Gasteiger partial charge in [0.15, 0.2) is 0 Å². The number of carbonyl (C=O) groups excluding carboxylic acids is 1. The van der Waals surface area contributed by atoms with Gasteiger partial charge in [0.25, 0.3) is 10.0 Å². The number of amides is 1. The van der Waals surface area contributed by atoms with Crippen LogP contribution in [0.4, 0.5) is 10.5 Å². The molecule has 0 bridgehead atoms. The van der Waals surface area contributed by atoms with Gasteiger partial charge in [0.2, 0.25) is 0 Å². The van der Waals surface area contributed by atoms with E-state index in [-0.39, 0.29) is 24.1 Å². The summed E-state index contributed by atoms with van der Waals surface area (Å²) in [6.07, 6.45) is 2.22. The summed E-state index contributed by atoms with van der Waals surface area (Å²) in [6.45, 7) is 4.33. The van der Waals surface area contributed by atoms with Crippen molar-refractivity contribution in [2.24, 2.45) is 0 Å². The number of hydrogen-bond donors (Lipinski definition) is 1. The lowest BCUT2D eigenvalue weighted by Gasteiger charge is -2.42. The lowest BCUT2D eigenvalue weighted by atomic mass is 9.63. The highest BCUT2D eigenvalue weighted by Gasteiger charge is 2.51. The van der Waals surface area contributed by atoms with E-state index >= 15 is 0 Å². The highest BCUT2D eigenvalue weighted by atomic mass is 79.9. The molecule has 1 heterocycles. The first-order chi connectivity index (χ1) is 18.2. The van der Waals surface area contributed by atoms with Crippen LogP contribution >= 0.6 is 27.5 Å². The van der Waals surface area contributed by atoms with Crippen LogP contribution in [0.3, 0.4) is 0 Å². The van der Waals surface area contributed by atoms with Gasteiger partial charge in [-0.3, -0.25) is 0 Å². The first-order valence-corrected chi connectivity index (χ1v) is 15.1. The Hall–Kier alpha value is -2.81. The number of hydrogen-bond acceptors (Lipinski definition) is 5. The maximum atomic E-state index is 13.8. The molecular weight excluding hydrogens is 588 g/mol. The van der Waals surface area contributed by atoms with E-state index in [4.69, 9.17) is 16.3 Å². The van der Waals surface area contributed by atoms with Crippen LogP contribution in [0, 0.1) is 0 Å². The van der Waals surface area contributed by atoms with Crippen LogP contribution in [0.15, 0.2) is 94.3 Å². The Morgan fingerprint density at radius 1 is 1.13 bits per heavy atom. The smallest absolute Gasteiger partial charge is 0.424 e.